The predicted molar refractivity (Wildman–Crippen MR) is 127 cm³/mol. The Hall–Kier alpha value is -3.61. The van der Waals surface area contributed by atoms with Gasteiger partial charge in [0.05, 0.1) is 30.3 Å². The number of rotatable bonds is 5. The van der Waals surface area contributed by atoms with E-state index in [4.69, 9.17) is 35.0 Å². The summed E-state index contributed by atoms with van der Waals surface area (Å²) in [7, 11) is 13.6. The molecule has 4 heterocycles. The largest absolute Gasteiger partial charge is 0.495 e. The lowest BCUT2D eigenvalue weighted by molar-refractivity contribution is 0.0444. The highest BCUT2D eigenvalue weighted by molar-refractivity contribution is 6.41. The fraction of sp³-hybridized carbons (Fsp3) is 0.333. The van der Waals surface area contributed by atoms with Gasteiger partial charge in [-0.25, -0.2) is 4.79 Å². The zero-order valence-corrected chi connectivity index (χ0v) is 19.4. The number of ether oxygens (including phenoxy) is 2. The first-order valence-corrected chi connectivity index (χ1v) is 11.1. The van der Waals surface area contributed by atoms with Crippen molar-refractivity contribution in [1.29, 1.82) is 5.26 Å². The Morgan fingerprint density at radius 2 is 2.17 bits per heavy atom. The molecule has 2 aromatic heterocycles. The molecule has 172 valence electrons. The lowest BCUT2D eigenvalue weighted by Crippen LogP contribution is -2.45. The molecule has 1 saturated heterocycles. The summed E-state index contributed by atoms with van der Waals surface area (Å²) in [5.41, 5.74) is 4.28. The molecule has 35 heavy (non-hydrogen) atoms. The molecular weight excluding hydrogens is 444 g/mol. The number of piperazine rings is 1. The molecule has 1 fully saturated rings. The number of fused-ring (bicyclic) bond motifs is 1. The molecule has 11 heteroatoms. The first kappa shape index (κ1) is 23.1. The summed E-state index contributed by atoms with van der Waals surface area (Å²) in [5, 5.41) is 15.2. The van der Waals surface area contributed by atoms with Crippen molar-refractivity contribution >= 4 is 21.7 Å². The highest BCUT2D eigenvalue weighted by Gasteiger charge is 2.39. The normalized spacial score (nSPS) is 19.1. The summed E-state index contributed by atoms with van der Waals surface area (Å²) < 4.78 is 16.0. The summed E-state index contributed by atoms with van der Waals surface area (Å²) in [5.74, 6) is 0.620. The molecule has 2 aliphatic heterocycles. The van der Waals surface area contributed by atoms with E-state index < -0.39 is 11.4 Å². The van der Waals surface area contributed by atoms with Crippen LogP contribution in [0, 0.1) is 18.3 Å². The van der Waals surface area contributed by atoms with Crippen molar-refractivity contribution in [3.05, 3.63) is 64.0 Å². The topological polar surface area (TPSA) is 114 Å². The minimum Gasteiger partial charge on any atom is -0.495 e. The van der Waals surface area contributed by atoms with Gasteiger partial charge in [-0.3, -0.25) is 9.88 Å². The van der Waals surface area contributed by atoms with Gasteiger partial charge >= 0.3 is 5.97 Å². The van der Waals surface area contributed by atoms with Crippen LogP contribution >= 0.6 is 0 Å². The smallest absolute Gasteiger partial charge is 0.337 e. The van der Waals surface area contributed by atoms with E-state index in [1.54, 1.807) is 12.1 Å². The van der Waals surface area contributed by atoms with Gasteiger partial charge in [-0.2, -0.15) is 5.26 Å². The average molecular weight is 465 g/mol. The van der Waals surface area contributed by atoms with Crippen LogP contribution in [0.15, 0.2) is 35.0 Å². The molecule has 5 rings (SSSR count). The van der Waals surface area contributed by atoms with Crippen molar-refractivity contribution in [2.45, 2.75) is 24.9 Å². The second kappa shape index (κ2) is 8.87. The molecule has 0 unspecified atom stereocenters. The third-order valence-electron chi connectivity index (χ3n) is 6.42. The summed E-state index contributed by atoms with van der Waals surface area (Å²) in [6, 6.07) is 9.21. The Balaban J connectivity index is 1.33. The number of pyridine rings is 1. The minimum atomic E-state index is -1.63. The van der Waals surface area contributed by atoms with Gasteiger partial charge in [-0.15, -0.1) is 0 Å². The van der Waals surface area contributed by atoms with Gasteiger partial charge in [0.2, 0.25) is 0 Å². The van der Waals surface area contributed by atoms with Crippen molar-refractivity contribution in [1.82, 2.24) is 20.4 Å². The molecule has 1 atom stereocenters. The van der Waals surface area contributed by atoms with Crippen LogP contribution in [-0.4, -0.2) is 63.4 Å². The van der Waals surface area contributed by atoms with Gasteiger partial charge in [0.1, 0.15) is 38.8 Å². The number of cyclic esters (lactones) is 1. The number of carbonyl (C=O) groups excluding carboxylic acids is 1. The van der Waals surface area contributed by atoms with E-state index in [1.165, 1.54) is 13.3 Å². The van der Waals surface area contributed by atoms with E-state index in [0.717, 1.165) is 24.2 Å². The third kappa shape index (κ3) is 4.20. The molecule has 0 amide bonds. The van der Waals surface area contributed by atoms with Crippen molar-refractivity contribution in [2.75, 3.05) is 26.7 Å². The molecule has 0 aliphatic carbocycles. The molecule has 9 nitrogen and oxygen atoms in total. The summed E-state index contributed by atoms with van der Waals surface area (Å²) >= 11 is 0. The molecule has 0 bridgehead atoms. The minimum absolute atomic E-state index is 0.00685. The van der Waals surface area contributed by atoms with Crippen LogP contribution in [0.25, 0.3) is 11.4 Å². The maximum atomic E-state index is 12.1. The van der Waals surface area contributed by atoms with E-state index in [2.05, 4.69) is 20.4 Å². The lowest BCUT2D eigenvalue weighted by Gasteiger charge is -2.34. The number of nitrogens with zero attached hydrogens (tertiary/aromatic N) is 4. The number of hydrogen-bond donors (Lipinski definition) is 1. The van der Waals surface area contributed by atoms with Crippen molar-refractivity contribution in [3.63, 3.8) is 0 Å². The third-order valence-corrected chi connectivity index (χ3v) is 6.42. The Bertz CT molecular complexity index is 1350. The summed E-state index contributed by atoms with van der Waals surface area (Å²) in [6.07, 6.45) is 1.46. The molecule has 1 aromatic carbocycles. The zero-order chi connectivity index (χ0) is 24.7. The van der Waals surface area contributed by atoms with Crippen LogP contribution in [-0.2, 0) is 16.7 Å². The Kier molecular flexibility index (Phi) is 5.87. The predicted octanol–water partition coefficient (Wildman–Crippen LogP) is 1.69. The van der Waals surface area contributed by atoms with Gasteiger partial charge in [0.15, 0.2) is 5.76 Å². The molecule has 3 aromatic rings. The van der Waals surface area contributed by atoms with Crippen LogP contribution < -0.4 is 10.1 Å². The second-order valence-electron chi connectivity index (χ2n) is 8.69. The van der Waals surface area contributed by atoms with Crippen LogP contribution in [0.1, 0.15) is 44.4 Å². The monoisotopic (exact) mass is 465 g/mol. The number of hydrogen-bond acceptors (Lipinski definition) is 9. The van der Waals surface area contributed by atoms with Crippen molar-refractivity contribution in [2.24, 2.45) is 0 Å². The van der Waals surface area contributed by atoms with Gasteiger partial charge in [0, 0.05) is 44.0 Å². The van der Waals surface area contributed by atoms with E-state index in [1.807, 2.05) is 25.1 Å². The second-order valence-corrected chi connectivity index (χ2v) is 8.69. The number of benzene rings is 1. The Morgan fingerprint density at radius 3 is 2.94 bits per heavy atom. The van der Waals surface area contributed by atoms with Crippen LogP contribution in [0.2, 0.25) is 0 Å². The fourth-order valence-corrected chi connectivity index (χ4v) is 4.76. The maximum absolute atomic E-state index is 12.1. The van der Waals surface area contributed by atoms with Crippen LogP contribution in [0.4, 0.5) is 0 Å². The molecule has 0 saturated carbocycles. The molecule has 4 radical (unpaired) electrons. The number of nitriles is 1. The number of carbonyl (C=O) groups is 1. The Morgan fingerprint density at radius 1 is 1.34 bits per heavy atom. The summed E-state index contributed by atoms with van der Waals surface area (Å²) in [4.78, 5) is 18.6. The fourth-order valence-electron chi connectivity index (χ4n) is 4.76. The first-order valence-electron chi connectivity index (χ1n) is 11.1. The molecule has 1 N–H and O–H groups in total. The van der Waals surface area contributed by atoms with Gasteiger partial charge in [0.25, 0.3) is 0 Å². The van der Waals surface area contributed by atoms with Gasteiger partial charge in [-0.1, -0.05) is 11.2 Å². The molecular formula is C24H21B2N5O4. The van der Waals surface area contributed by atoms with E-state index in [-0.39, 0.29) is 6.04 Å². The van der Waals surface area contributed by atoms with E-state index in [9.17, 15) is 4.79 Å². The highest BCUT2D eigenvalue weighted by Crippen LogP contribution is 2.37. The standard InChI is InChI=1S/C24H21B2N5O4/c1-13-16(3-4-17-22(13)24(25,26)34-23(17)32)20-12-31(6-5-28-20)11-15-7-19(30-35-15)18-8-21(33-2)14(9-27)10-29-18/h3-4,7-8,10,20,28H,5-6,11-12H2,1-2H3/t20-/m0/s1. The van der Waals surface area contributed by atoms with Gasteiger partial charge in [-0.05, 0) is 29.7 Å². The Labute approximate surface area is 205 Å². The highest BCUT2D eigenvalue weighted by atomic mass is 16.6. The van der Waals surface area contributed by atoms with Gasteiger partial charge < -0.3 is 19.3 Å². The van der Waals surface area contributed by atoms with Crippen molar-refractivity contribution < 1.29 is 18.8 Å². The average Bonchev–Trinajstić information content (AvgIpc) is 3.40. The quantitative estimate of drug-likeness (QED) is 0.444. The molecule has 0 spiro atoms. The van der Waals surface area contributed by atoms with Crippen LogP contribution in [0.3, 0.4) is 0 Å². The number of esters is 1. The molecule has 2 aliphatic rings. The SMILES string of the molecule is [B]C1([B])OC(=O)c2ccc([C@@H]3CN(Cc4cc(-c5cc(OC)c(C#N)cn5)no4)CCN3)c(C)c21. The van der Waals surface area contributed by atoms with E-state index in [0.29, 0.717) is 52.7 Å². The lowest BCUT2D eigenvalue weighted by atomic mass is 9.60. The number of methoxy groups -OCH3 is 1. The zero-order valence-electron chi connectivity index (χ0n) is 19.4. The first-order chi connectivity index (χ1) is 16.8. The van der Waals surface area contributed by atoms with Crippen molar-refractivity contribution in [3.8, 4) is 23.2 Å². The number of nitrogens with one attached hydrogen (secondary N) is 1. The van der Waals surface area contributed by atoms with E-state index >= 15 is 0 Å². The maximum Gasteiger partial charge on any atom is 0.337 e. The number of aromatic nitrogens is 2. The summed E-state index contributed by atoms with van der Waals surface area (Å²) in [6.45, 7) is 4.76. The van der Waals surface area contributed by atoms with Crippen LogP contribution in [0.5, 0.6) is 5.75 Å².